The predicted octanol–water partition coefficient (Wildman–Crippen LogP) is 2.50. The summed E-state index contributed by atoms with van der Waals surface area (Å²) in [7, 11) is 1.72. The lowest BCUT2D eigenvalue weighted by Crippen LogP contribution is -2.38. The Morgan fingerprint density at radius 2 is 1.77 bits per heavy atom. The lowest BCUT2D eigenvalue weighted by Gasteiger charge is -2.18. The highest BCUT2D eigenvalue weighted by molar-refractivity contribution is 5.79. The van der Waals surface area contributed by atoms with Crippen LogP contribution < -0.4 is 15.4 Å². The van der Waals surface area contributed by atoms with Gasteiger partial charge in [-0.15, -0.1) is 0 Å². The van der Waals surface area contributed by atoms with Gasteiger partial charge in [-0.25, -0.2) is 4.99 Å². The molecule has 0 spiro atoms. The highest BCUT2D eigenvalue weighted by Crippen LogP contribution is 2.13. The van der Waals surface area contributed by atoms with Crippen LogP contribution in [0.5, 0.6) is 5.75 Å². The molecule has 0 saturated heterocycles. The van der Waals surface area contributed by atoms with Crippen molar-refractivity contribution in [2.24, 2.45) is 4.99 Å². The van der Waals surface area contributed by atoms with E-state index in [1.165, 1.54) is 0 Å². The van der Waals surface area contributed by atoms with Gasteiger partial charge in [0.25, 0.3) is 0 Å². The molecule has 0 fully saturated rings. The smallest absolute Gasteiger partial charge is 0.191 e. The second-order valence-electron chi connectivity index (χ2n) is 5.99. The summed E-state index contributed by atoms with van der Waals surface area (Å²) in [4.78, 5) is 6.98. The second-order valence-corrected chi connectivity index (χ2v) is 5.99. The molecule has 6 heteroatoms. The molecule has 0 aliphatic carbocycles. The molecule has 1 rings (SSSR count). The van der Waals surface area contributed by atoms with Gasteiger partial charge in [-0.05, 0) is 44.1 Å². The van der Waals surface area contributed by atoms with Crippen LogP contribution >= 0.6 is 0 Å². The Labute approximate surface area is 159 Å². The molecule has 0 unspecified atom stereocenters. The summed E-state index contributed by atoms with van der Waals surface area (Å²) in [5, 5.41) is 6.58. The first-order valence-corrected chi connectivity index (χ1v) is 9.68. The van der Waals surface area contributed by atoms with Crippen molar-refractivity contribution in [1.29, 1.82) is 0 Å². The van der Waals surface area contributed by atoms with Crippen LogP contribution in [0.3, 0.4) is 0 Å². The van der Waals surface area contributed by atoms with Crippen LogP contribution in [0, 0.1) is 0 Å². The molecule has 148 valence electrons. The lowest BCUT2D eigenvalue weighted by molar-refractivity contribution is 0.195. The zero-order chi connectivity index (χ0) is 19.0. The summed E-state index contributed by atoms with van der Waals surface area (Å²) in [5.41, 5.74) is 1.16. The molecule has 1 aromatic rings. The monoisotopic (exact) mass is 364 g/mol. The number of ether oxygens (including phenoxy) is 2. The molecule has 2 N–H and O–H groups in total. The molecular weight excluding hydrogens is 328 g/mol. The maximum atomic E-state index is 5.82. The number of hydrogen-bond acceptors (Lipinski definition) is 4. The molecule has 6 nitrogen and oxygen atoms in total. The van der Waals surface area contributed by atoms with Crippen LogP contribution in [0.4, 0.5) is 0 Å². The number of hydrogen-bond donors (Lipinski definition) is 2. The summed E-state index contributed by atoms with van der Waals surface area (Å²) in [6, 6.07) is 8.19. The number of aliphatic imine (C=N–C) groups is 1. The number of likely N-dealkylation sites (N-methyl/N-ethyl adjacent to an activating group) is 1. The van der Waals surface area contributed by atoms with Crippen LogP contribution in [0.2, 0.25) is 0 Å². The average Bonchev–Trinajstić information content (AvgIpc) is 2.67. The van der Waals surface area contributed by atoms with Gasteiger partial charge in [-0.3, -0.25) is 0 Å². The van der Waals surface area contributed by atoms with E-state index in [1.54, 1.807) is 7.11 Å². The van der Waals surface area contributed by atoms with E-state index in [-0.39, 0.29) is 0 Å². The third kappa shape index (κ3) is 9.63. The van der Waals surface area contributed by atoms with Crippen molar-refractivity contribution in [2.45, 2.75) is 33.7 Å². The molecule has 0 amide bonds. The van der Waals surface area contributed by atoms with Gasteiger partial charge in [0.05, 0.1) is 6.54 Å². The van der Waals surface area contributed by atoms with E-state index in [1.807, 2.05) is 12.1 Å². The van der Waals surface area contributed by atoms with Crippen LogP contribution in [-0.2, 0) is 11.3 Å². The molecule has 0 saturated carbocycles. The average molecular weight is 365 g/mol. The summed E-state index contributed by atoms with van der Waals surface area (Å²) >= 11 is 0. The van der Waals surface area contributed by atoms with Gasteiger partial charge in [0.2, 0.25) is 0 Å². The molecule has 0 heterocycles. The Bertz CT molecular complexity index is 487. The SMILES string of the molecule is CCNC(=NCc1ccc(OCCN(CC)CC)cc1)NCCCOC. The van der Waals surface area contributed by atoms with Crippen LogP contribution in [0.15, 0.2) is 29.3 Å². The quantitative estimate of drug-likeness (QED) is 0.320. The summed E-state index contributed by atoms with van der Waals surface area (Å²) < 4.78 is 10.9. The van der Waals surface area contributed by atoms with Gasteiger partial charge in [-0.2, -0.15) is 0 Å². The predicted molar refractivity (Wildman–Crippen MR) is 109 cm³/mol. The number of methoxy groups -OCH3 is 1. The Morgan fingerprint density at radius 3 is 2.38 bits per heavy atom. The van der Waals surface area contributed by atoms with Crippen molar-refractivity contribution in [3.63, 3.8) is 0 Å². The van der Waals surface area contributed by atoms with Crippen LogP contribution in [0.25, 0.3) is 0 Å². The molecular formula is C20H36N4O2. The van der Waals surface area contributed by atoms with E-state index < -0.39 is 0 Å². The number of benzene rings is 1. The molecule has 1 aromatic carbocycles. The molecule has 0 aliphatic heterocycles. The first-order chi connectivity index (χ1) is 12.7. The van der Waals surface area contributed by atoms with Gasteiger partial charge >= 0.3 is 0 Å². The number of nitrogens with zero attached hydrogens (tertiary/aromatic N) is 2. The van der Waals surface area contributed by atoms with Gasteiger partial charge in [0, 0.05) is 33.4 Å². The minimum atomic E-state index is 0.638. The molecule has 0 atom stereocenters. The highest BCUT2D eigenvalue weighted by Gasteiger charge is 2.01. The number of nitrogens with one attached hydrogen (secondary N) is 2. The minimum Gasteiger partial charge on any atom is -0.492 e. The third-order valence-corrected chi connectivity index (χ3v) is 4.08. The summed E-state index contributed by atoms with van der Waals surface area (Å²) in [6.07, 6.45) is 0.959. The first kappa shape index (κ1) is 22.3. The number of rotatable bonds is 13. The van der Waals surface area contributed by atoms with Crippen molar-refractivity contribution in [2.75, 3.05) is 53.0 Å². The zero-order valence-corrected chi connectivity index (χ0v) is 16.9. The first-order valence-electron chi connectivity index (χ1n) is 9.68. The zero-order valence-electron chi connectivity index (χ0n) is 16.9. The van der Waals surface area contributed by atoms with E-state index in [0.29, 0.717) is 6.54 Å². The molecule has 0 aliphatic rings. The minimum absolute atomic E-state index is 0.638. The van der Waals surface area contributed by atoms with Crippen molar-refractivity contribution in [1.82, 2.24) is 15.5 Å². The molecule has 0 radical (unpaired) electrons. The lowest BCUT2D eigenvalue weighted by atomic mass is 10.2. The number of guanidine groups is 1. The van der Waals surface area contributed by atoms with Crippen molar-refractivity contribution < 1.29 is 9.47 Å². The fourth-order valence-corrected chi connectivity index (χ4v) is 2.46. The molecule has 26 heavy (non-hydrogen) atoms. The third-order valence-electron chi connectivity index (χ3n) is 4.08. The van der Waals surface area contributed by atoms with E-state index in [0.717, 1.165) is 69.6 Å². The fourth-order valence-electron chi connectivity index (χ4n) is 2.46. The highest BCUT2D eigenvalue weighted by atomic mass is 16.5. The Hall–Kier alpha value is -1.79. The van der Waals surface area contributed by atoms with Gasteiger partial charge < -0.3 is 25.0 Å². The van der Waals surface area contributed by atoms with E-state index in [4.69, 9.17) is 9.47 Å². The van der Waals surface area contributed by atoms with E-state index in [9.17, 15) is 0 Å². The summed E-state index contributed by atoms with van der Waals surface area (Å²) in [5.74, 6) is 1.75. The van der Waals surface area contributed by atoms with Gasteiger partial charge in [-0.1, -0.05) is 26.0 Å². The van der Waals surface area contributed by atoms with E-state index in [2.05, 4.69) is 53.4 Å². The molecule has 0 bridgehead atoms. The largest absolute Gasteiger partial charge is 0.492 e. The maximum absolute atomic E-state index is 5.82. The van der Waals surface area contributed by atoms with Crippen molar-refractivity contribution >= 4 is 5.96 Å². The van der Waals surface area contributed by atoms with Crippen LogP contribution in [0.1, 0.15) is 32.8 Å². The normalized spacial score (nSPS) is 11.7. The Balaban J connectivity index is 2.43. The Kier molecular flexibility index (Phi) is 12.3. The Morgan fingerprint density at radius 1 is 1.04 bits per heavy atom. The summed E-state index contributed by atoms with van der Waals surface area (Å²) in [6.45, 7) is 13.3. The van der Waals surface area contributed by atoms with Crippen LogP contribution in [-0.4, -0.2) is 63.9 Å². The topological polar surface area (TPSA) is 58.1 Å². The maximum Gasteiger partial charge on any atom is 0.191 e. The van der Waals surface area contributed by atoms with Crippen molar-refractivity contribution in [3.8, 4) is 5.75 Å². The standard InChI is InChI=1S/C20H36N4O2/c1-5-21-20(22-13-8-15-25-4)23-17-18-9-11-19(12-10-18)26-16-14-24(6-2)7-3/h9-12H,5-8,13-17H2,1-4H3,(H2,21,22,23). The van der Waals surface area contributed by atoms with Gasteiger partial charge in [0.15, 0.2) is 5.96 Å². The second kappa shape index (κ2) is 14.4. The molecule has 0 aromatic heterocycles. The van der Waals surface area contributed by atoms with Gasteiger partial charge in [0.1, 0.15) is 12.4 Å². The van der Waals surface area contributed by atoms with Crippen molar-refractivity contribution in [3.05, 3.63) is 29.8 Å². The fraction of sp³-hybridized carbons (Fsp3) is 0.650. The van der Waals surface area contributed by atoms with E-state index >= 15 is 0 Å².